The van der Waals surface area contributed by atoms with Gasteiger partial charge in [0.1, 0.15) is 5.75 Å². The van der Waals surface area contributed by atoms with Crippen molar-refractivity contribution in [2.75, 3.05) is 7.11 Å². The molecule has 1 aromatic heterocycles. The Labute approximate surface area is 153 Å². The second kappa shape index (κ2) is 6.72. The van der Waals surface area contributed by atoms with Crippen molar-refractivity contribution in [3.05, 3.63) is 63.8 Å². The number of fused-ring (bicyclic) bond motifs is 1. The molecule has 3 rings (SSSR count). The molecule has 128 valence electrons. The van der Waals surface area contributed by atoms with E-state index < -0.39 is 11.9 Å². The number of ether oxygens (including phenoxy) is 2. The molecule has 3 aromatic rings. The third kappa shape index (κ3) is 3.17. The summed E-state index contributed by atoms with van der Waals surface area (Å²) in [5.74, 6) is -0.505. The van der Waals surface area contributed by atoms with Gasteiger partial charge < -0.3 is 14.0 Å². The molecule has 0 bridgehead atoms. The Morgan fingerprint density at radius 3 is 2.36 bits per heavy atom. The van der Waals surface area contributed by atoms with Crippen LogP contribution in [0.25, 0.3) is 10.9 Å². The lowest BCUT2D eigenvalue weighted by molar-refractivity contribution is 0.0601. The first-order valence-electron chi connectivity index (χ1n) is 7.57. The molecule has 0 saturated heterocycles. The van der Waals surface area contributed by atoms with Crippen molar-refractivity contribution in [2.45, 2.75) is 6.92 Å². The summed E-state index contributed by atoms with van der Waals surface area (Å²) in [6.45, 7) is 1.85. The maximum Gasteiger partial charge on any atom is 0.343 e. The van der Waals surface area contributed by atoms with E-state index in [-0.39, 0.29) is 0 Å². The number of esters is 2. The van der Waals surface area contributed by atoms with Gasteiger partial charge in [-0.2, -0.15) is 0 Å². The van der Waals surface area contributed by atoms with E-state index >= 15 is 0 Å². The lowest BCUT2D eigenvalue weighted by Gasteiger charge is -2.06. The van der Waals surface area contributed by atoms with Crippen LogP contribution in [0.15, 0.2) is 46.9 Å². The van der Waals surface area contributed by atoms with E-state index in [0.717, 1.165) is 15.7 Å². The predicted octanol–water partition coefficient (Wildman–Crippen LogP) is 4.26. The number of nitrogens with zero attached hydrogens (tertiary/aromatic N) is 1. The van der Waals surface area contributed by atoms with E-state index in [1.807, 2.05) is 24.6 Å². The first-order valence-corrected chi connectivity index (χ1v) is 8.36. The van der Waals surface area contributed by atoms with Gasteiger partial charge in [-0.1, -0.05) is 15.9 Å². The SMILES string of the molecule is COC(=O)c1c(C)n(C)c2ccc(OC(=O)c3ccc(Br)cc3)cc12. The highest BCUT2D eigenvalue weighted by Gasteiger charge is 2.20. The number of carbonyl (C=O) groups excluding carboxylic acids is 2. The fourth-order valence-electron chi connectivity index (χ4n) is 2.73. The van der Waals surface area contributed by atoms with Crippen LogP contribution in [0.4, 0.5) is 0 Å². The van der Waals surface area contributed by atoms with Crippen LogP contribution < -0.4 is 4.74 Å². The van der Waals surface area contributed by atoms with E-state index in [0.29, 0.717) is 22.3 Å². The number of rotatable bonds is 3. The number of hydrogen-bond donors (Lipinski definition) is 0. The summed E-state index contributed by atoms with van der Waals surface area (Å²) >= 11 is 3.33. The van der Waals surface area contributed by atoms with Crippen molar-refractivity contribution in [3.8, 4) is 5.75 Å². The minimum Gasteiger partial charge on any atom is -0.465 e. The van der Waals surface area contributed by atoms with E-state index in [1.165, 1.54) is 7.11 Å². The molecule has 0 spiro atoms. The van der Waals surface area contributed by atoms with Crippen molar-refractivity contribution in [1.29, 1.82) is 0 Å². The number of halogens is 1. The molecule has 0 aliphatic carbocycles. The van der Waals surface area contributed by atoms with Gasteiger partial charge in [-0.25, -0.2) is 9.59 Å². The highest BCUT2D eigenvalue weighted by Crippen LogP contribution is 2.29. The van der Waals surface area contributed by atoms with Crippen LogP contribution in [-0.4, -0.2) is 23.6 Å². The number of carbonyl (C=O) groups is 2. The van der Waals surface area contributed by atoms with Crippen LogP contribution in [0, 0.1) is 6.92 Å². The van der Waals surface area contributed by atoms with Gasteiger partial charge in [0, 0.05) is 28.1 Å². The molecular weight excluding hydrogens is 386 g/mol. The highest BCUT2D eigenvalue weighted by molar-refractivity contribution is 9.10. The number of hydrogen-bond acceptors (Lipinski definition) is 4. The Bertz CT molecular complexity index is 973. The van der Waals surface area contributed by atoms with Crippen LogP contribution in [-0.2, 0) is 11.8 Å². The zero-order valence-electron chi connectivity index (χ0n) is 14.0. The summed E-state index contributed by atoms with van der Waals surface area (Å²) in [7, 11) is 3.22. The van der Waals surface area contributed by atoms with Crippen molar-refractivity contribution < 1.29 is 19.1 Å². The Morgan fingerprint density at radius 1 is 1.04 bits per heavy atom. The Morgan fingerprint density at radius 2 is 1.72 bits per heavy atom. The van der Waals surface area contributed by atoms with E-state index in [1.54, 1.807) is 36.4 Å². The molecule has 0 N–H and O–H groups in total. The molecular formula is C19H16BrNO4. The highest BCUT2D eigenvalue weighted by atomic mass is 79.9. The maximum absolute atomic E-state index is 12.3. The second-order valence-electron chi connectivity index (χ2n) is 5.59. The summed E-state index contributed by atoms with van der Waals surface area (Å²) in [6, 6.07) is 12.1. The van der Waals surface area contributed by atoms with Gasteiger partial charge in [0.15, 0.2) is 0 Å². The summed E-state index contributed by atoms with van der Waals surface area (Å²) in [4.78, 5) is 24.4. The predicted molar refractivity (Wildman–Crippen MR) is 98.1 cm³/mol. The number of methoxy groups -OCH3 is 1. The molecule has 6 heteroatoms. The number of aromatic nitrogens is 1. The van der Waals surface area contributed by atoms with Crippen LogP contribution in [0.5, 0.6) is 5.75 Å². The normalized spacial score (nSPS) is 10.7. The van der Waals surface area contributed by atoms with Gasteiger partial charge >= 0.3 is 11.9 Å². The smallest absolute Gasteiger partial charge is 0.343 e. The van der Waals surface area contributed by atoms with E-state index in [9.17, 15) is 9.59 Å². The van der Waals surface area contributed by atoms with Gasteiger partial charge in [-0.3, -0.25) is 0 Å². The van der Waals surface area contributed by atoms with Crippen molar-refractivity contribution >= 4 is 38.8 Å². The monoisotopic (exact) mass is 401 g/mol. The van der Waals surface area contributed by atoms with Crippen LogP contribution in [0.3, 0.4) is 0 Å². The number of benzene rings is 2. The molecule has 0 fully saturated rings. The van der Waals surface area contributed by atoms with Crippen molar-refractivity contribution in [1.82, 2.24) is 4.57 Å². The first kappa shape index (κ1) is 17.2. The molecule has 0 radical (unpaired) electrons. The summed E-state index contributed by atoms with van der Waals surface area (Å²) in [6.07, 6.45) is 0. The summed E-state index contributed by atoms with van der Waals surface area (Å²) < 4.78 is 13.1. The van der Waals surface area contributed by atoms with Crippen LogP contribution in [0.2, 0.25) is 0 Å². The average Bonchev–Trinajstić information content (AvgIpc) is 2.85. The molecule has 0 atom stereocenters. The third-order valence-electron chi connectivity index (χ3n) is 4.14. The zero-order chi connectivity index (χ0) is 18.1. The molecule has 2 aromatic carbocycles. The van der Waals surface area contributed by atoms with Gasteiger partial charge in [0.05, 0.1) is 18.2 Å². The Hall–Kier alpha value is -2.60. The van der Waals surface area contributed by atoms with Crippen LogP contribution in [0.1, 0.15) is 26.4 Å². The molecule has 0 amide bonds. The summed E-state index contributed by atoms with van der Waals surface area (Å²) in [5.41, 5.74) is 2.57. The zero-order valence-corrected chi connectivity index (χ0v) is 15.6. The largest absolute Gasteiger partial charge is 0.465 e. The molecule has 5 nitrogen and oxygen atoms in total. The second-order valence-corrected chi connectivity index (χ2v) is 6.50. The number of aryl methyl sites for hydroxylation is 1. The van der Waals surface area contributed by atoms with Gasteiger partial charge in [0.25, 0.3) is 0 Å². The van der Waals surface area contributed by atoms with Crippen molar-refractivity contribution in [2.24, 2.45) is 7.05 Å². The molecule has 0 unspecified atom stereocenters. The fourth-order valence-corrected chi connectivity index (χ4v) is 2.99. The summed E-state index contributed by atoms with van der Waals surface area (Å²) in [5, 5.41) is 0.688. The lowest BCUT2D eigenvalue weighted by Crippen LogP contribution is -2.08. The Kier molecular flexibility index (Phi) is 4.63. The van der Waals surface area contributed by atoms with E-state index in [2.05, 4.69) is 15.9 Å². The van der Waals surface area contributed by atoms with Crippen molar-refractivity contribution in [3.63, 3.8) is 0 Å². The maximum atomic E-state index is 12.3. The van der Waals surface area contributed by atoms with Gasteiger partial charge in [-0.15, -0.1) is 0 Å². The average molecular weight is 402 g/mol. The van der Waals surface area contributed by atoms with E-state index in [4.69, 9.17) is 9.47 Å². The minimum absolute atomic E-state index is 0.371. The van der Waals surface area contributed by atoms with Crippen LogP contribution >= 0.6 is 15.9 Å². The quantitative estimate of drug-likeness (QED) is 0.486. The topological polar surface area (TPSA) is 57.5 Å². The van der Waals surface area contributed by atoms with Gasteiger partial charge in [0.2, 0.25) is 0 Å². The first-order chi connectivity index (χ1) is 11.9. The molecule has 25 heavy (non-hydrogen) atoms. The molecule has 0 aliphatic rings. The molecule has 0 saturated carbocycles. The molecule has 0 aliphatic heterocycles. The fraction of sp³-hybridized carbons (Fsp3) is 0.158. The lowest BCUT2D eigenvalue weighted by atomic mass is 10.1. The van der Waals surface area contributed by atoms with Gasteiger partial charge in [-0.05, 0) is 49.4 Å². The standard InChI is InChI=1S/C19H16BrNO4/c1-11-17(19(23)24-3)15-10-14(8-9-16(15)21(11)2)25-18(22)12-4-6-13(20)7-5-12/h4-10H,1-3H3. The Balaban J connectivity index is 1.99. The minimum atomic E-state index is -0.459. The molecule has 1 heterocycles. The third-order valence-corrected chi connectivity index (χ3v) is 4.67.